The molecule has 0 aromatic rings. The molecule has 12 heteroatoms. The van der Waals surface area contributed by atoms with Gasteiger partial charge in [0, 0.05) is 0 Å². The van der Waals surface area contributed by atoms with Gasteiger partial charge in [0.2, 0.25) is 17.7 Å². The van der Waals surface area contributed by atoms with Crippen LogP contribution < -0.4 is 21.5 Å². The predicted octanol–water partition coefficient (Wildman–Crippen LogP) is 4.79. The van der Waals surface area contributed by atoms with Crippen molar-refractivity contribution in [2.24, 2.45) is 17.8 Å². The Labute approximate surface area is 264 Å². The molecule has 0 radical (unpaired) electrons. The Morgan fingerprint density at radius 1 is 0.841 bits per heavy atom. The second-order valence-electron chi connectivity index (χ2n) is 11.3. The smallest absolute Gasteiger partial charge is 0.286 e. The summed E-state index contributed by atoms with van der Waals surface area (Å²) < 4.78 is 17.8. The number of carbonyl (C=O) groups excluding carboxylic acids is 5. The van der Waals surface area contributed by atoms with Crippen molar-refractivity contribution >= 4 is 29.4 Å². The second-order valence-corrected chi connectivity index (χ2v) is 11.3. The molecule has 11 nitrogen and oxygen atoms in total. The topological polar surface area (TPSA) is 166 Å². The van der Waals surface area contributed by atoms with Gasteiger partial charge in [-0.15, -0.1) is 4.48 Å². The number of Topliss-reactive ketones (excluding diaryl/α,β-unsaturated/α-hetero) is 1. The van der Waals surface area contributed by atoms with Crippen LogP contribution in [0.1, 0.15) is 126 Å². The van der Waals surface area contributed by atoms with Crippen LogP contribution in [0, 0.1) is 29.3 Å². The number of carbonyl (C=O) groups is 5. The van der Waals surface area contributed by atoms with E-state index in [4.69, 9.17) is 10.00 Å². The molecule has 4 amide bonds. The molecule has 254 valence electrons. The molecule has 0 bridgehead atoms. The maximum absolute atomic E-state index is 13.1. The molecule has 0 aliphatic heterocycles. The molecular weight excluding hydrogens is 569 g/mol. The summed E-state index contributed by atoms with van der Waals surface area (Å²) in [5, 5.41) is 16.8. The van der Waals surface area contributed by atoms with Crippen molar-refractivity contribution in [1.29, 1.82) is 5.26 Å². The third-order valence-corrected chi connectivity index (χ3v) is 7.05. The lowest BCUT2D eigenvalue weighted by Gasteiger charge is -2.31. The van der Waals surface area contributed by atoms with Crippen LogP contribution in [0.5, 0.6) is 0 Å². The van der Waals surface area contributed by atoms with E-state index < -0.39 is 48.4 Å². The van der Waals surface area contributed by atoms with E-state index in [1.165, 1.54) is 13.8 Å². The third kappa shape index (κ3) is 19.1. The summed E-state index contributed by atoms with van der Waals surface area (Å²) in [4.78, 5) is 59.7. The highest BCUT2D eigenvalue weighted by atomic mass is 19.2. The summed E-state index contributed by atoms with van der Waals surface area (Å²) >= 11 is 0. The molecule has 2 aliphatic carbocycles. The number of halogens is 1. The van der Waals surface area contributed by atoms with Gasteiger partial charge < -0.3 is 25.5 Å². The summed E-state index contributed by atoms with van der Waals surface area (Å²) in [6, 6.07) is -1.89. The summed E-state index contributed by atoms with van der Waals surface area (Å²) in [7, 11) is 0. The first kappa shape index (κ1) is 42.9. The Kier molecular flexibility index (Phi) is 25.5. The van der Waals surface area contributed by atoms with E-state index in [9.17, 15) is 28.5 Å². The maximum Gasteiger partial charge on any atom is 0.286 e. The zero-order valence-corrected chi connectivity index (χ0v) is 28.2. The van der Waals surface area contributed by atoms with Gasteiger partial charge in [0.15, 0.2) is 0 Å². The Balaban J connectivity index is 0. The Morgan fingerprint density at radius 2 is 1.39 bits per heavy atom. The van der Waals surface area contributed by atoms with Crippen LogP contribution in [0.4, 0.5) is 4.48 Å². The van der Waals surface area contributed by atoms with Crippen molar-refractivity contribution in [3.63, 3.8) is 0 Å². The summed E-state index contributed by atoms with van der Waals surface area (Å²) in [6.45, 7) is 14.3. The number of ketones is 1. The van der Waals surface area contributed by atoms with Crippen LogP contribution in [0.15, 0.2) is 0 Å². The SMILES string of the molecule is CC.CC.CC(C)=O.CC(C)C[C@H](NC(=O)CNC(=O)[C@H](CC1CCCCC1)NC(=O)C1CCCCC1OC#N)C(=O)NF. The van der Waals surface area contributed by atoms with Gasteiger partial charge in [-0.1, -0.05) is 80.1 Å². The molecule has 44 heavy (non-hydrogen) atoms. The first-order chi connectivity index (χ1) is 21.0. The maximum atomic E-state index is 13.1. The molecule has 0 spiro atoms. The number of ether oxygens (including phenoxy) is 1. The zero-order chi connectivity index (χ0) is 34.1. The van der Waals surface area contributed by atoms with Gasteiger partial charge in [-0.3, -0.25) is 19.2 Å². The Bertz CT molecular complexity index is 885. The lowest BCUT2D eigenvalue weighted by Crippen LogP contribution is -2.54. The number of nitrogens with one attached hydrogen (secondary N) is 4. The summed E-state index contributed by atoms with van der Waals surface area (Å²) in [5.41, 5.74) is 1.05. The summed E-state index contributed by atoms with van der Waals surface area (Å²) in [6.07, 6.45) is 10.0. The second kappa shape index (κ2) is 26.2. The molecule has 0 aromatic carbocycles. The van der Waals surface area contributed by atoms with Gasteiger partial charge in [-0.05, 0) is 57.8 Å². The largest absolute Gasteiger partial charge is 0.423 e. The first-order valence-electron chi connectivity index (χ1n) is 16.3. The van der Waals surface area contributed by atoms with E-state index in [2.05, 4.69) is 16.0 Å². The molecule has 2 fully saturated rings. The van der Waals surface area contributed by atoms with Gasteiger partial charge in [-0.2, -0.15) is 10.8 Å². The number of rotatable bonds is 12. The van der Waals surface area contributed by atoms with Crippen LogP contribution in [-0.4, -0.2) is 54.1 Å². The molecule has 2 unspecified atom stereocenters. The predicted molar refractivity (Wildman–Crippen MR) is 168 cm³/mol. The molecule has 4 N–H and O–H groups in total. The first-order valence-corrected chi connectivity index (χ1v) is 16.3. The van der Waals surface area contributed by atoms with Gasteiger partial charge in [-0.25, -0.2) is 0 Å². The van der Waals surface area contributed by atoms with Crippen LogP contribution in [-0.2, 0) is 28.7 Å². The molecule has 2 saturated carbocycles. The van der Waals surface area contributed by atoms with E-state index in [-0.39, 0.29) is 29.9 Å². The van der Waals surface area contributed by atoms with Gasteiger partial charge in [0.1, 0.15) is 24.0 Å². The average Bonchev–Trinajstić information content (AvgIpc) is 3.01. The van der Waals surface area contributed by atoms with Crippen molar-refractivity contribution in [2.75, 3.05) is 6.54 Å². The number of hydrogen-bond donors (Lipinski definition) is 4. The van der Waals surface area contributed by atoms with Gasteiger partial charge >= 0.3 is 0 Å². The van der Waals surface area contributed by atoms with Crippen LogP contribution >= 0.6 is 0 Å². The lowest BCUT2D eigenvalue weighted by molar-refractivity contribution is -0.135. The van der Waals surface area contributed by atoms with Crippen molar-refractivity contribution in [2.45, 2.75) is 144 Å². The van der Waals surface area contributed by atoms with E-state index >= 15 is 0 Å². The average molecular weight is 628 g/mol. The highest BCUT2D eigenvalue weighted by molar-refractivity contribution is 5.92. The number of amides is 4. The molecule has 4 atom stereocenters. The number of hydrogen-bond acceptors (Lipinski definition) is 7. The van der Waals surface area contributed by atoms with Crippen molar-refractivity contribution in [3.8, 4) is 6.26 Å². The monoisotopic (exact) mass is 627 g/mol. The number of nitrogens with zero attached hydrogens (tertiary/aromatic N) is 1. The van der Waals surface area contributed by atoms with Crippen LogP contribution in [0.25, 0.3) is 0 Å². The molecule has 2 rings (SSSR count). The quantitative estimate of drug-likeness (QED) is 0.178. The van der Waals surface area contributed by atoms with Crippen molar-refractivity contribution < 1.29 is 33.2 Å². The third-order valence-electron chi connectivity index (χ3n) is 7.05. The fourth-order valence-corrected chi connectivity index (χ4v) is 5.18. The normalized spacial score (nSPS) is 18.8. The number of nitriles is 1. The zero-order valence-electron chi connectivity index (χ0n) is 28.2. The van der Waals surface area contributed by atoms with Crippen LogP contribution in [0.3, 0.4) is 0 Å². The van der Waals surface area contributed by atoms with Gasteiger partial charge in [0.25, 0.3) is 12.2 Å². The standard InChI is InChI=1S/C25H40FN5O5.C3H6O.2C2H6/c1-16(2)12-19(25(35)31-26)29-22(32)14-28-24(34)20(13-17-8-4-3-5-9-17)30-23(33)18-10-6-7-11-21(18)36-15-27;1-3(2)4;2*1-2/h16-21H,3-14H2,1-2H3,(H,28,34)(H,29,32)(H,30,33)(H,31,35);1-2H3;2*1-2H3/t18?,19-,20-,21?;;;/m0.../s1. The van der Waals surface area contributed by atoms with E-state index in [1.54, 1.807) is 6.26 Å². The molecule has 0 heterocycles. The Hall–Kier alpha value is -3.23. The minimum Gasteiger partial charge on any atom is -0.423 e. The molecule has 2 aliphatic rings. The highest BCUT2D eigenvalue weighted by Crippen LogP contribution is 2.29. The summed E-state index contributed by atoms with van der Waals surface area (Å²) in [5.74, 6) is -2.43. The highest BCUT2D eigenvalue weighted by Gasteiger charge is 2.35. The van der Waals surface area contributed by atoms with Crippen molar-refractivity contribution in [3.05, 3.63) is 0 Å². The lowest BCUT2D eigenvalue weighted by atomic mass is 9.83. The fraction of sp³-hybridized carbons (Fsp3) is 0.812. The molecule has 0 saturated heterocycles. The minimum absolute atomic E-state index is 0.0332. The molecular formula is C32H58FN5O6. The van der Waals surface area contributed by atoms with E-state index in [0.717, 1.165) is 50.5 Å². The van der Waals surface area contributed by atoms with Crippen molar-refractivity contribution in [1.82, 2.24) is 21.5 Å². The van der Waals surface area contributed by atoms with E-state index in [0.29, 0.717) is 19.3 Å². The van der Waals surface area contributed by atoms with Crippen LogP contribution in [0.2, 0.25) is 0 Å². The Morgan fingerprint density at radius 3 is 1.91 bits per heavy atom. The van der Waals surface area contributed by atoms with E-state index in [1.807, 2.05) is 41.5 Å². The minimum atomic E-state index is -1.06. The van der Waals surface area contributed by atoms with Gasteiger partial charge in [0.05, 0.1) is 12.5 Å². The fourth-order valence-electron chi connectivity index (χ4n) is 5.18. The molecule has 0 aromatic heterocycles.